The summed E-state index contributed by atoms with van der Waals surface area (Å²) in [7, 11) is 0. The fourth-order valence-corrected chi connectivity index (χ4v) is 2.22. The van der Waals surface area contributed by atoms with Gasteiger partial charge in [-0.1, -0.05) is 0 Å². The van der Waals surface area contributed by atoms with Crippen molar-refractivity contribution in [1.29, 1.82) is 0 Å². The van der Waals surface area contributed by atoms with E-state index in [4.69, 9.17) is 15.6 Å². The topological polar surface area (TPSA) is 139 Å². The quantitative estimate of drug-likeness (QED) is 0.479. The van der Waals surface area contributed by atoms with Crippen molar-refractivity contribution in [2.75, 3.05) is 6.61 Å². The molecule has 1 saturated heterocycles. The molecule has 0 amide bonds. The van der Waals surface area contributed by atoms with Crippen LogP contribution in [-0.4, -0.2) is 54.6 Å². The van der Waals surface area contributed by atoms with Crippen LogP contribution in [0, 0.1) is 0 Å². The average Bonchev–Trinajstić information content (AvgIpc) is 2.94. The van der Waals surface area contributed by atoms with Crippen molar-refractivity contribution in [3.63, 3.8) is 0 Å². The predicted octanol–water partition coefficient (Wildman–Crippen LogP) is -2.30. The number of rotatable bonds is 2. The number of fused-ring (bicyclic) bond motifs is 1. The van der Waals surface area contributed by atoms with E-state index in [1.807, 2.05) is 0 Å². The van der Waals surface area contributed by atoms with Gasteiger partial charge in [0.1, 0.15) is 12.2 Å². The van der Waals surface area contributed by atoms with Gasteiger partial charge in [-0.25, -0.2) is 9.97 Å². The fourth-order valence-electron chi connectivity index (χ4n) is 2.22. The van der Waals surface area contributed by atoms with Crippen molar-refractivity contribution in [1.82, 2.24) is 19.5 Å². The molecule has 3 heterocycles. The molecule has 0 aromatic carbocycles. The van der Waals surface area contributed by atoms with Crippen LogP contribution in [0.4, 0.5) is 0 Å². The number of nitrogens with zero attached hydrogens (tertiary/aromatic N) is 3. The molecule has 3 rings (SSSR count). The zero-order chi connectivity index (χ0) is 13.6. The summed E-state index contributed by atoms with van der Waals surface area (Å²) in [6.45, 7) is -0.341. The van der Waals surface area contributed by atoms with Crippen molar-refractivity contribution >= 4 is 11.2 Å². The lowest BCUT2D eigenvalue weighted by molar-refractivity contribution is -0.0437. The summed E-state index contributed by atoms with van der Waals surface area (Å²) in [6.07, 6.45) is 0.146. The van der Waals surface area contributed by atoms with E-state index in [0.29, 0.717) is 5.65 Å². The number of nitrogens with one attached hydrogen (secondary N) is 1. The second-order valence-electron chi connectivity index (χ2n) is 4.37. The highest BCUT2D eigenvalue weighted by molar-refractivity contribution is 5.68. The molecular formula is C10H13N5O4. The molecule has 2 aromatic rings. The van der Waals surface area contributed by atoms with E-state index in [2.05, 4.69) is 15.0 Å². The predicted molar refractivity (Wildman–Crippen MR) is 63.1 cm³/mol. The van der Waals surface area contributed by atoms with Crippen molar-refractivity contribution in [3.8, 4) is 0 Å². The largest absolute Gasteiger partial charge is 0.394 e. The molecule has 2 aromatic heterocycles. The number of aliphatic hydroxyl groups excluding tert-OH is 2. The first-order chi connectivity index (χ1) is 9.13. The van der Waals surface area contributed by atoms with Gasteiger partial charge in [0.15, 0.2) is 17.4 Å². The van der Waals surface area contributed by atoms with Gasteiger partial charge in [-0.05, 0) is 0 Å². The number of aromatic amines is 1. The lowest BCUT2D eigenvalue weighted by atomic mass is 10.1. The Morgan fingerprint density at radius 2 is 2.32 bits per heavy atom. The summed E-state index contributed by atoms with van der Waals surface area (Å²) in [5.74, 6) is 0. The van der Waals surface area contributed by atoms with Crippen LogP contribution in [0.3, 0.4) is 0 Å². The summed E-state index contributed by atoms with van der Waals surface area (Å²) in [5, 5.41) is 18.9. The summed E-state index contributed by atoms with van der Waals surface area (Å²) >= 11 is 0. The summed E-state index contributed by atoms with van der Waals surface area (Å²) in [4.78, 5) is 21.9. The lowest BCUT2D eigenvalue weighted by Gasteiger charge is -2.17. The summed E-state index contributed by atoms with van der Waals surface area (Å²) < 4.78 is 6.95. The molecule has 0 bridgehead atoms. The molecule has 1 aliphatic heterocycles. The van der Waals surface area contributed by atoms with Gasteiger partial charge in [-0.2, -0.15) is 0 Å². The molecule has 9 nitrogen and oxygen atoms in total. The molecular weight excluding hydrogens is 254 g/mol. The first-order valence-corrected chi connectivity index (χ1v) is 5.73. The standard InChI is InChI=1S/C10H13N5O4/c11-5-7(17)4(1-16)19-10(5)15-3-14-6-8(15)12-2-13-9(6)18/h2-5,7,10,16-17H,1,11H2,(H,12,13,18). The maximum Gasteiger partial charge on any atom is 0.278 e. The molecule has 19 heavy (non-hydrogen) atoms. The molecule has 1 fully saturated rings. The van der Waals surface area contributed by atoms with Crippen LogP contribution in [0.5, 0.6) is 0 Å². The van der Waals surface area contributed by atoms with Gasteiger partial charge < -0.3 is 25.7 Å². The second-order valence-corrected chi connectivity index (χ2v) is 4.37. The van der Waals surface area contributed by atoms with Gasteiger partial charge >= 0.3 is 0 Å². The Morgan fingerprint density at radius 1 is 1.53 bits per heavy atom. The molecule has 0 saturated carbocycles. The maximum atomic E-state index is 11.5. The Kier molecular flexibility index (Phi) is 2.82. The maximum absolute atomic E-state index is 11.5. The molecule has 0 spiro atoms. The lowest BCUT2D eigenvalue weighted by Crippen LogP contribution is -2.39. The zero-order valence-corrected chi connectivity index (χ0v) is 9.80. The third-order valence-corrected chi connectivity index (χ3v) is 3.24. The number of imidazole rings is 1. The van der Waals surface area contributed by atoms with Crippen LogP contribution in [0.15, 0.2) is 17.4 Å². The zero-order valence-electron chi connectivity index (χ0n) is 9.80. The Labute approximate surface area is 106 Å². The number of aliphatic hydroxyl groups is 2. The third-order valence-electron chi connectivity index (χ3n) is 3.24. The highest BCUT2D eigenvalue weighted by Gasteiger charge is 2.42. The number of hydrogen-bond acceptors (Lipinski definition) is 7. The Balaban J connectivity index is 2.06. The minimum atomic E-state index is -0.991. The first-order valence-electron chi connectivity index (χ1n) is 5.73. The fraction of sp³-hybridized carbons (Fsp3) is 0.500. The van der Waals surface area contributed by atoms with Crippen LogP contribution >= 0.6 is 0 Å². The van der Waals surface area contributed by atoms with Crippen LogP contribution in [-0.2, 0) is 4.74 Å². The number of nitrogens with two attached hydrogens (primary N) is 1. The molecule has 102 valence electrons. The minimum Gasteiger partial charge on any atom is -0.394 e. The number of hydrogen-bond donors (Lipinski definition) is 4. The summed E-state index contributed by atoms with van der Waals surface area (Å²) in [5.41, 5.74) is 5.98. The van der Waals surface area contributed by atoms with Crippen LogP contribution in [0.25, 0.3) is 11.2 Å². The van der Waals surface area contributed by atoms with Crippen LogP contribution < -0.4 is 11.3 Å². The van der Waals surface area contributed by atoms with Gasteiger partial charge in [-0.3, -0.25) is 9.36 Å². The normalized spacial score (nSPS) is 31.1. The molecule has 4 atom stereocenters. The molecule has 4 unspecified atom stereocenters. The molecule has 0 aliphatic carbocycles. The van der Waals surface area contributed by atoms with E-state index in [0.717, 1.165) is 0 Å². The Bertz CT molecular complexity index is 653. The van der Waals surface area contributed by atoms with Crippen molar-refractivity contribution < 1.29 is 14.9 Å². The van der Waals surface area contributed by atoms with E-state index >= 15 is 0 Å². The van der Waals surface area contributed by atoms with Gasteiger partial charge in [0.2, 0.25) is 0 Å². The molecule has 1 aliphatic rings. The molecule has 5 N–H and O–H groups in total. The van der Waals surface area contributed by atoms with Gasteiger partial charge in [0.25, 0.3) is 5.56 Å². The molecule has 0 radical (unpaired) electrons. The smallest absolute Gasteiger partial charge is 0.278 e. The van der Waals surface area contributed by atoms with Crippen molar-refractivity contribution in [2.24, 2.45) is 5.73 Å². The highest BCUT2D eigenvalue weighted by atomic mass is 16.5. The first kappa shape index (κ1) is 12.2. The van der Waals surface area contributed by atoms with E-state index < -0.39 is 24.5 Å². The van der Waals surface area contributed by atoms with Crippen LogP contribution in [0.2, 0.25) is 0 Å². The van der Waals surface area contributed by atoms with Gasteiger partial charge in [-0.15, -0.1) is 0 Å². The third kappa shape index (κ3) is 1.75. The number of ether oxygens (including phenoxy) is 1. The minimum absolute atomic E-state index is 0.167. The van der Waals surface area contributed by atoms with Crippen molar-refractivity contribution in [3.05, 3.63) is 23.0 Å². The van der Waals surface area contributed by atoms with E-state index in [1.165, 1.54) is 17.2 Å². The Morgan fingerprint density at radius 3 is 3.00 bits per heavy atom. The number of aromatic nitrogens is 4. The Hall–Kier alpha value is -1.81. The number of H-pyrrole nitrogens is 1. The molecule has 9 heteroatoms. The van der Waals surface area contributed by atoms with Crippen LogP contribution in [0.1, 0.15) is 6.23 Å². The van der Waals surface area contributed by atoms with E-state index in [-0.39, 0.29) is 17.7 Å². The van der Waals surface area contributed by atoms with Gasteiger partial charge in [0, 0.05) is 0 Å². The van der Waals surface area contributed by atoms with Crippen molar-refractivity contribution in [2.45, 2.75) is 24.5 Å². The average molecular weight is 267 g/mol. The van der Waals surface area contributed by atoms with Gasteiger partial charge in [0.05, 0.1) is 25.3 Å². The summed E-state index contributed by atoms with van der Waals surface area (Å²) in [6, 6.07) is -0.740. The second kappa shape index (κ2) is 4.38. The van der Waals surface area contributed by atoms with E-state index in [1.54, 1.807) is 0 Å². The SMILES string of the molecule is NC1C(O)C(CO)OC1n1cnc2c(=O)[nH]cnc21. The van der Waals surface area contributed by atoms with E-state index in [9.17, 15) is 9.90 Å². The monoisotopic (exact) mass is 267 g/mol. The highest BCUT2D eigenvalue weighted by Crippen LogP contribution is 2.29.